The molecule has 0 saturated carbocycles. The van der Waals surface area contributed by atoms with Gasteiger partial charge in [0.2, 0.25) is 0 Å². The Bertz CT molecular complexity index is 369. The lowest BCUT2D eigenvalue weighted by molar-refractivity contribution is 0.217. The summed E-state index contributed by atoms with van der Waals surface area (Å²) in [5, 5.41) is 0. The van der Waals surface area contributed by atoms with Crippen molar-refractivity contribution in [2.75, 3.05) is 32.1 Å². The van der Waals surface area contributed by atoms with Crippen molar-refractivity contribution in [3.63, 3.8) is 0 Å². The lowest BCUT2D eigenvalue weighted by atomic mass is 9.92. The third-order valence-electron chi connectivity index (χ3n) is 3.62. The summed E-state index contributed by atoms with van der Waals surface area (Å²) in [4.78, 5) is 2.50. The molecule has 2 nitrogen and oxygen atoms in total. The molecule has 1 aromatic rings. The van der Waals surface area contributed by atoms with E-state index in [9.17, 15) is 0 Å². The minimum absolute atomic E-state index is 0.602. The van der Waals surface area contributed by atoms with Crippen LogP contribution in [-0.2, 0) is 0 Å². The molecular formula is C15H22ClNO. The topological polar surface area (TPSA) is 12.5 Å². The molecule has 18 heavy (non-hydrogen) atoms. The van der Waals surface area contributed by atoms with Crippen LogP contribution in [0, 0.1) is 0 Å². The van der Waals surface area contributed by atoms with Gasteiger partial charge in [0, 0.05) is 18.3 Å². The Morgan fingerprint density at radius 2 is 2.22 bits per heavy atom. The molecule has 3 heteroatoms. The zero-order valence-corrected chi connectivity index (χ0v) is 11.8. The fourth-order valence-corrected chi connectivity index (χ4v) is 2.70. The summed E-state index contributed by atoms with van der Waals surface area (Å²) in [6.45, 7) is 6.37. The number of rotatable bonds is 6. The lowest BCUT2D eigenvalue weighted by Gasteiger charge is -2.30. The van der Waals surface area contributed by atoms with Gasteiger partial charge in [0.15, 0.2) is 0 Å². The van der Waals surface area contributed by atoms with Crippen molar-refractivity contribution < 1.29 is 4.74 Å². The number of halogens is 1. The van der Waals surface area contributed by atoms with Gasteiger partial charge in [0.1, 0.15) is 5.75 Å². The number of likely N-dealkylation sites (N-methyl/N-ethyl adjacent to an activating group) is 1. The predicted molar refractivity (Wildman–Crippen MR) is 76.7 cm³/mol. The van der Waals surface area contributed by atoms with Crippen molar-refractivity contribution >= 4 is 11.6 Å². The standard InChI is InChI=1S/C15H22ClNO/c1-2-17(10-5-9-16)12-13-8-11-18-15-7-4-3-6-14(13)15/h3-4,6-7,13H,2,5,8-12H2,1H3. The van der Waals surface area contributed by atoms with Crippen molar-refractivity contribution in [1.82, 2.24) is 4.90 Å². The maximum atomic E-state index is 5.78. The minimum Gasteiger partial charge on any atom is -0.493 e. The highest BCUT2D eigenvalue weighted by Crippen LogP contribution is 2.33. The zero-order chi connectivity index (χ0) is 12.8. The van der Waals surface area contributed by atoms with Crippen LogP contribution in [0.5, 0.6) is 5.75 Å². The van der Waals surface area contributed by atoms with E-state index in [1.807, 2.05) is 6.07 Å². The fourth-order valence-electron chi connectivity index (χ4n) is 2.58. The van der Waals surface area contributed by atoms with E-state index in [1.165, 1.54) is 5.56 Å². The van der Waals surface area contributed by atoms with Crippen molar-refractivity contribution in [3.05, 3.63) is 29.8 Å². The molecule has 1 unspecified atom stereocenters. The number of hydrogen-bond donors (Lipinski definition) is 0. The molecule has 0 saturated heterocycles. The monoisotopic (exact) mass is 267 g/mol. The Morgan fingerprint density at radius 1 is 1.39 bits per heavy atom. The molecular weight excluding hydrogens is 246 g/mol. The SMILES string of the molecule is CCN(CCCCl)CC1CCOc2ccccc21. The third kappa shape index (κ3) is 3.39. The van der Waals surface area contributed by atoms with Crippen LogP contribution in [0.15, 0.2) is 24.3 Å². The van der Waals surface area contributed by atoms with Gasteiger partial charge in [-0.25, -0.2) is 0 Å². The molecule has 0 radical (unpaired) electrons. The number of nitrogens with zero attached hydrogens (tertiary/aromatic N) is 1. The molecule has 0 N–H and O–H groups in total. The van der Waals surface area contributed by atoms with Crippen molar-refractivity contribution in [1.29, 1.82) is 0 Å². The van der Waals surface area contributed by atoms with E-state index >= 15 is 0 Å². The summed E-state index contributed by atoms with van der Waals surface area (Å²) in [5.74, 6) is 2.42. The lowest BCUT2D eigenvalue weighted by Crippen LogP contribution is -2.31. The summed E-state index contributed by atoms with van der Waals surface area (Å²) in [6, 6.07) is 8.44. The number of fused-ring (bicyclic) bond motifs is 1. The number of alkyl halides is 1. The maximum Gasteiger partial charge on any atom is 0.122 e. The fraction of sp³-hybridized carbons (Fsp3) is 0.600. The van der Waals surface area contributed by atoms with Crippen LogP contribution < -0.4 is 4.74 Å². The Labute approximate surface area is 115 Å². The van der Waals surface area contributed by atoms with Gasteiger partial charge < -0.3 is 9.64 Å². The second-order valence-corrected chi connectivity index (χ2v) is 5.19. The van der Waals surface area contributed by atoms with Crippen LogP contribution in [0.1, 0.15) is 31.2 Å². The molecule has 2 rings (SSSR count). The van der Waals surface area contributed by atoms with Gasteiger partial charge in [-0.15, -0.1) is 11.6 Å². The average molecular weight is 268 g/mol. The normalized spacial score (nSPS) is 18.5. The molecule has 0 spiro atoms. The summed E-state index contributed by atoms with van der Waals surface area (Å²) in [7, 11) is 0. The van der Waals surface area contributed by atoms with E-state index in [2.05, 4.69) is 30.0 Å². The average Bonchev–Trinajstić information content (AvgIpc) is 2.43. The summed E-state index contributed by atoms with van der Waals surface area (Å²) in [6.07, 6.45) is 2.19. The molecule has 1 heterocycles. The molecule has 0 fully saturated rings. The highest BCUT2D eigenvalue weighted by molar-refractivity contribution is 6.17. The Kier molecular flexibility index (Phi) is 5.33. The largest absolute Gasteiger partial charge is 0.493 e. The van der Waals surface area contributed by atoms with Crippen LogP contribution in [0.3, 0.4) is 0 Å². The van der Waals surface area contributed by atoms with Gasteiger partial charge in [-0.1, -0.05) is 25.1 Å². The second kappa shape index (κ2) is 7.01. The highest BCUT2D eigenvalue weighted by Gasteiger charge is 2.22. The van der Waals surface area contributed by atoms with E-state index in [4.69, 9.17) is 16.3 Å². The Morgan fingerprint density at radius 3 is 3.00 bits per heavy atom. The van der Waals surface area contributed by atoms with E-state index in [-0.39, 0.29) is 0 Å². The van der Waals surface area contributed by atoms with Crippen molar-refractivity contribution in [2.45, 2.75) is 25.7 Å². The van der Waals surface area contributed by atoms with Crippen LogP contribution in [0.25, 0.3) is 0 Å². The van der Waals surface area contributed by atoms with E-state index < -0.39 is 0 Å². The molecule has 100 valence electrons. The maximum absolute atomic E-state index is 5.78. The van der Waals surface area contributed by atoms with Crippen LogP contribution in [-0.4, -0.2) is 37.0 Å². The molecule has 1 aliphatic rings. The molecule has 0 amide bonds. The summed E-state index contributed by atoms with van der Waals surface area (Å²) < 4.78 is 5.71. The first kappa shape index (κ1) is 13.7. The summed E-state index contributed by atoms with van der Waals surface area (Å²) in [5.41, 5.74) is 1.37. The summed E-state index contributed by atoms with van der Waals surface area (Å²) >= 11 is 5.78. The molecule has 0 aliphatic carbocycles. The van der Waals surface area contributed by atoms with E-state index in [0.29, 0.717) is 5.92 Å². The van der Waals surface area contributed by atoms with Crippen molar-refractivity contribution in [2.24, 2.45) is 0 Å². The third-order valence-corrected chi connectivity index (χ3v) is 3.88. The second-order valence-electron chi connectivity index (χ2n) is 4.81. The van der Waals surface area contributed by atoms with Gasteiger partial charge in [-0.2, -0.15) is 0 Å². The van der Waals surface area contributed by atoms with Gasteiger partial charge in [0.05, 0.1) is 6.61 Å². The molecule has 0 bridgehead atoms. The first-order valence-corrected chi connectivity index (χ1v) is 7.38. The van der Waals surface area contributed by atoms with Gasteiger partial charge in [-0.05, 0) is 37.6 Å². The minimum atomic E-state index is 0.602. The number of para-hydroxylation sites is 1. The van der Waals surface area contributed by atoms with E-state index in [1.54, 1.807) is 0 Å². The predicted octanol–water partition coefficient (Wildman–Crippen LogP) is 3.50. The molecule has 1 aliphatic heterocycles. The van der Waals surface area contributed by atoms with E-state index in [0.717, 1.165) is 50.7 Å². The quantitative estimate of drug-likeness (QED) is 0.732. The Balaban J connectivity index is 2.01. The Hall–Kier alpha value is -0.730. The zero-order valence-electron chi connectivity index (χ0n) is 11.1. The van der Waals surface area contributed by atoms with Gasteiger partial charge in [0.25, 0.3) is 0 Å². The van der Waals surface area contributed by atoms with Crippen molar-refractivity contribution in [3.8, 4) is 5.75 Å². The van der Waals surface area contributed by atoms with Crippen LogP contribution in [0.4, 0.5) is 0 Å². The first-order valence-electron chi connectivity index (χ1n) is 6.85. The molecule has 1 aromatic carbocycles. The van der Waals surface area contributed by atoms with Crippen LogP contribution in [0.2, 0.25) is 0 Å². The van der Waals surface area contributed by atoms with Gasteiger partial charge >= 0.3 is 0 Å². The van der Waals surface area contributed by atoms with Gasteiger partial charge in [-0.3, -0.25) is 0 Å². The number of benzene rings is 1. The number of ether oxygens (including phenoxy) is 1. The van der Waals surface area contributed by atoms with Crippen LogP contribution >= 0.6 is 11.6 Å². The smallest absolute Gasteiger partial charge is 0.122 e. The molecule has 0 aromatic heterocycles. The first-order chi connectivity index (χ1) is 8.85. The molecule has 1 atom stereocenters. The highest BCUT2D eigenvalue weighted by atomic mass is 35.5. The number of hydrogen-bond acceptors (Lipinski definition) is 2.